The van der Waals surface area contributed by atoms with Gasteiger partial charge >= 0.3 is 0 Å². The summed E-state index contributed by atoms with van der Waals surface area (Å²) in [6.45, 7) is 8.88. The topological polar surface area (TPSA) is 109 Å². The van der Waals surface area contributed by atoms with E-state index >= 15 is 0 Å². The first kappa shape index (κ1) is 29.5. The number of nitrogens with zero attached hydrogens (tertiary/aromatic N) is 3. The van der Waals surface area contributed by atoms with Crippen molar-refractivity contribution in [1.82, 2.24) is 25.4 Å². The van der Waals surface area contributed by atoms with Gasteiger partial charge in [0.05, 0.1) is 11.4 Å². The number of hydrogen-bond acceptors (Lipinski definition) is 5. The first-order chi connectivity index (χ1) is 19.6. The summed E-state index contributed by atoms with van der Waals surface area (Å²) in [6.07, 6.45) is 3.56. The van der Waals surface area contributed by atoms with Crippen molar-refractivity contribution in [1.29, 1.82) is 0 Å². The number of aromatic nitrogens is 3. The molecule has 8 heteroatoms. The van der Waals surface area contributed by atoms with Gasteiger partial charge in [0, 0.05) is 31.3 Å². The van der Waals surface area contributed by atoms with Crippen LogP contribution in [0.1, 0.15) is 57.4 Å². The molecule has 2 heterocycles. The molecular formula is C33H39N5O3. The fourth-order valence-electron chi connectivity index (χ4n) is 4.63. The van der Waals surface area contributed by atoms with E-state index in [0.717, 1.165) is 28.3 Å². The molecule has 0 saturated carbocycles. The van der Waals surface area contributed by atoms with Crippen molar-refractivity contribution < 1.29 is 14.7 Å². The van der Waals surface area contributed by atoms with Gasteiger partial charge in [-0.2, -0.15) is 5.10 Å². The fraction of sp³-hybridized carbons (Fsp3) is 0.333. The summed E-state index contributed by atoms with van der Waals surface area (Å²) in [7, 11) is 0. The third kappa shape index (κ3) is 8.03. The molecule has 0 spiro atoms. The second-order valence-corrected chi connectivity index (χ2v) is 11.2. The average Bonchev–Trinajstić information content (AvgIpc) is 3.38. The van der Waals surface area contributed by atoms with Crippen molar-refractivity contribution in [3.8, 4) is 22.8 Å². The molecule has 8 nitrogen and oxygen atoms in total. The maximum absolute atomic E-state index is 12.9. The summed E-state index contributed by atoms with van der Waals surface area (Å²) in [5, 5.41) is 20.1. The molecule has 0 bridgehead atoms. The SMILES string of the molecule is CCNC(=O)C(Cc1ccc(O)cc1)NC(=O)CCCc1cc(-c2ccccn2)nn1-c1ccc(C(C)(C)C)cc1. The van der Waals surface area contributed by atoms with Gasteiger partial charge in [0.25, 0.3) is 0 Å². The van der Waals surface area contributed by atoms with Crippen molar-refractivity contribution in [3.05, 3.63) is 95.8 Å². The Bertz CT molecular complexity index is 1440. The minimum absolute atomic E-state index is 0.0478. The lowest BCUT2D eigenvalue weighted by atomic mass is 9.87. The smallest absolute Gasteiger partial charge is 0.242 e. The molecule has 4 rings (SSSR count). The molecular weight excluding hydrogens is 514 g/mol. The molecule has 2 amide bonds. The lowest BCUT2D eigenvalue weighted by Gasteiger charge is -2.19. The highest BCUT2D eigenvalue weighted by molar-refractivity contribution is 5.87. The Morgan fingerprint density at radius 1 is 0.976 bits per heavy atom. The zero-order chi connectivity index (χ0) is 29.4. The number of pyridine rings is 1. The summed E-state index contributed by atoms with van der Waals surface area (Å²) >= 11 is 0. The number of hydrogen-bond donors (Lipinski definition) is 3. The van der Waals surface area contributed by atoms with Gasteiger partial charge < -0.3 is 15.7 Å². The van der Waals surface area contributed by atoms with Gasteiger partial charge in [-0.25, -0.2) is 4.68 Å². The molecule has 2 aromatic heterocycles. The summed E-state index contributed by atoms with van der Waals surface area (Å²) in [5.41, 5.74) is 5.63. The van der Waals surface area contributed by atoms with Crippen LogP contribution in [0.5, 0.6) is 5.75 Å². The van der Waals surface area contributed by atoms with Crippen LogP contribution in [0.4, 0.5) is 0 Å². The van der Waals surface area contributed by atoms with Gasteiger partial charge in [-0.05, 0) is 78.8 Å². The molecule has 0 aliphatic heterocycles. The van der Waals surface area contributed by atoms with Gasteiger partial charge in [-0.1, -0.05) is 51.1 Å². The summed E-state index contributed by atoms with van der Waals surface area (Å²) < 4.78 is 1.93. The minimum Gasteiger partial charge on any atom is -0.508 e. The summed E-state index contributed by atoms with van der Waals surface area (Å²) in [6, 6.07) is 22.1. The van der Waals surface area contributed by atoms with Crippen LogP contribution in [0.2, 0.25) is 0 Å². The third-order valence-electron chi connectivity index (χ3n) is 6.90. The highest BCUT2D eigenvalue weighted by atomic mass is 16.3. The molecule has 1 unspecified atom stereocenters. The molecule has 0 radical (unpaired) electrons. The number of rotatable bonds is 11. The van der Waals surface area contributed by atoms with Gasteiger partial charge in [-0.15, -0.1) is 0 Å². The summed E-state index contributed by atoms with van der Waals surface area (Å²) in [5.74, 6) is -0.265. The van der Waals surface area contributed by atoms with Crippen LogP contribution < -0.4 is 10.6 Å². The van der Waals surface area contributed by atoms with Crippen LogP contribution in [0.15, 0.2) is 79.0 Å². The number of carbonyl (C=O) groups excluding carboxylic acids is 2. The van der Waals surface area contributed by atoms with E-state index in [1.54, 1.807) is 30.5 Å². The van der Waals surface area contributed by atoms with Gasteiger partial charge in [0.2, 0.25) is 11.8 Å². The normalized spacial score (nSPS) is 12.1. The quantitative estimate of drug-likeness (QED) is 0.239. The Labute approximate surface area is 241 Å². The van der Waals surface area contributed by atoms with Crippen LogP contribution in [0.3, 0.4) is 0 Å². The largest absolute Gasteiger partial charge is 0.508 e. The Morgan fingerprint density at radius 3 is 2.34 bits per heavy atom. The van der Waals surface area contributed by atoms with Crippen molar-refractivity contribution in [2.75, 3.05) is 6.54 Å². The predicted octanol–water partition coefficient (Wildman–Crippen LogP) is 5.12. The molecule has 214 valence electrons. The van der Waals surface area contributed by atoms with Gasteiger partial charge in [0.15, 0.2) is 0 Å². The number of phenols is 1. The number of phenolic OH excluding ortho intramolecular Hbond substituents is 1. The van der Waals surface area contributed by atoms with E-state index in [-0.39, 0.29) is 29.4 Å². The van der Waals surface area contributed by atoms with E-state index in [1.165, 1.54) is 5.56 Å². The zero-order valence-corrected chi connectivity index (χ0v) is 24.2. The van der Waals surface area contributed by atoms with Crippen molar-refractivity contribution in [2.45, 2.75) is 64.8 Å². The number of carbonyl (C=O) groups is 2. The fourth-order valence-corrected chi connectivity index (χ4v) is 4.63. The maximum Gasteiger partial charge on any atom is 0.242 e. The number of nitrogens with one attached hydrogen (secondary N) is 2. The Kier molecular flexibility index (Phi) is 9.55. The molecule has 0 fully saturated rings. The van der Waals surface area contributed by atoms with E-state index in [0.29, 0.717) is 25.8 Å². The lowest BCUT2D eigenvalue weighted by Crippen LogP contribution is -2.48. The first-order valence-corrected chi connectivity index (χ1v) is 14.1. The number of aryl methyl sites for hydroxylation is 1. The molecule has 1 atom stereocenters. The van der Waals surface area contributed by atoms with E-state index in [2.05, 4.69) is 60.7 Å². The molecule has 0 aliphatic rings. The average molecular weight is 554 g/mol. The van der Waals surface area contributed by atoms with E-state index in [9.17, 15) is 14.7 Å². The molecule has 2 aromatic carbocycles. The number of aromatic hydroxyl groups is 1. The van der Waals surface area contributed by atoms with Crippen LogP contribution in [-0.2, 0) is 27.8 Å². The van der Waals surface area contributed by atoms with E-state index < -0.39 is 6.04 Å². The van der Waals surface area contributed by atoms with Gasteiger partial charge in [-0.3, -0.25) is 14.6 Å². The summed E-state index contributed by atoms with van der Waals surface area (Å²) in [4.78, 5) is 30.1. The molecule has 4 aromatic rings. The van der Waals surface area contributed by atoms with E-state index in [1.807, 2.05) is 35.9 Å². The third-order valence-corrected chi connectivity index (χ3v) is 6.90. The second-order valence-electron chi connectivity index (χ2n) is 11.2. The number of benzene rings is 2. The molecule has 0 aliphatic carbocycles. The van der Waals surface area contributed by atoms with Crippen molar-refractivity contribution in [3.63, 3.8) is 0 Å². The number of likely N-dealkylation sites (N-methyl/N-ethyl adjacent to an activating group) is 1. The van der Waals surface area contributed by atoms with E-state index in [4.69, 9.17) is 5.10 Å². The Hall–Kier alpha value is -4.46. The van der Waals surface area contributed by atoms with Crippen LogP contribution in [-0.4, -0.2) is 44.3 Å². The Morgan fingerprint density at radius 2 is 1.71 bits per heavy atom. The van der Waals surface area contributed by atoms with Crippen LogP contribution in [0.25, 0.3) is 17.1 Å². The highest BCUT2D eigenvalue weighted by Gasteiger charge is 2.21. The van der Waals surface area contributed by atoms with Crippen LogP contribution in [0, 0.1) is 0 Å². The molecule has 3 N–H and O–H groups in total. The van der Waals surface area contributed by atoms with Crippen LogP contribution >= 0.6 is 0 Å². The molecule has 0 saturated heterocycles. The zero-order valence-electron chi connectivity index (χ0n) is 24.2. The standard InChI is InChI=1S/C33H39N5O3/c1-5-34-32(41)30(21-23-12-18-27(39)19-13-23)36-31(40)11-8-9-26-22-29(28-10-6-7-20-35-28)37-38(26)25-16-14-24(15-17-25)33(2,3)4/h6-7,10,12-20,22,30,39H,5,8-9,11,21H2,1-4H3,(H,34,41)(H,36,40). The predicted molar refractivity (Wildman–Crippen MR) is 161 cm³/mol. The Balaban J connectivity index is 1.47. The maximum atomic E-state index is 12.9. The first-order valence-electron chi connectivity index (χ1n) is 14.1. The van der Waals surface area contributed by atoms with Crippen molar-refractivity contribution in [2.24, 2.45) is 0 Å². The lowest BCUT2D eigenvalue weighted by molar-refractivity contribution is -0.129. The number of amides is 2. The minimum atomic E-state index is -0.699. The second kappa shape index (κ2) is 13.3. The highest BCUT2D eigenvalue weighted by Crippen LogP contribution is 2.25. The molecule has 41 heavy (non-hydrogen) atoms. The monoisotopic (exact) mass is 553 g/mol. The van der Waals surface area contributed by atoms with Crippen molar-refractivity contribution >= 4 is 11.8 Å². The van der Waals surface area contributed by atoms with Gasteiger partial charge in [0.1, 0.15) is 17.5 Å².